The zero-order valence-corrected chi connectivity index (χ0v) is 19.5. The van der Waals surface area contributed by atoms with Crippen molar-refractivity contribution in [2.24, 2.45) is 5.41 Å². The predicted octanol–water partition coefficient (Wildman–Crippen LogP) is 6.48. The predicted molar refractivity (Wildman–Crippen MR) is 129 cm³/mol. The molecule has 7 heteroatoms. The molecule has 2 N–H and O–H groups in total. The quantitative estimate of drug-likeness (QED) is 0.447. The summed E-state index contributed by atoms with van der Waals surface area (Å²) >= 11 is 6.30. The Bertz CT molecular complexity index is 1160. The van der Waals surface area contributed by atoms with E-state index < -0.39 is 0 Å². The summed E-state index contributed by atoms with van der Waals surface area (Å²) < 4.78 is 5.51. The summed E-state index contributed by atoms with van der Waals surface area (Å²) in [5.41, 5.74) is 3.73. The Morgan fingerprint density at radius 2 is 1.75 bits per heavy atom. The summed E-state index contributed by atoms with van der Waals surface area (Å²) in [4.78, 5) is 22.4. The number of anilines is 4. The zero-order chi connectivity index (χ0) is 22.9. The van der Waals surface area contributed by atoms with E-state index in [1.807, 2.05) is 56.3 Å². The molecule has 6 nitrogen and oxygen atoms in total. The lowest BCUT2D eigenvalue weighted by molar-refractivity contribution is 0.0911. The smallest absolute Gasteiger partial charge is 0.229 e. The Morgan fingerprint density at radius 3 is 2.44 bits per heavy atom. The number of ketones is 1. The highest BCUT2D eigenvalue weighted by Gasteiger charge is 2.35. The molecule has 0 saturated heterocycles. The molecule has 0 fully saturated rings. The average molecular weight is 451 g/mol. The van der Waals surface area contributed by atoms with Gasteiger partial charge in [0.1, 0.15) is 11.6 Å². The summed E-state index contributed by atoms with van der Waals surface area (Å²) in [5.74, 6) is 1.77. The molecule has 0 radical (unpaired) electrons. The fraction of sp³-hybridized carbons (Fsp3) is 0.320. The van der Waals surface area contributed by atoms with E-state index in [0.29, 0.717) is 41.8 Å². The number of Topliss-reactive ketones (excluding diaryl/α,β-unsaturated/α-hetero) is 1. The molecule has 1 aliphatic carbocycles. The number of rotatable bonds is 6. The van der Waals surface area contributed by atoms with Crippen LogP contribution in [0.5, 0.6) is 5.75 Å². The third kappa shape index (κ3) is 4.86. The molecule has 4 rings (SSSR count). The largest absolute Gasteiger partial charge is 0.494 e. The van der Waals surface area contributed by atoms with Gasteiger partial charge < -0.3 is 15.4 Å². The lowest BCUT2D eigenvalue weighted by atomic mass is 9.75. The number of benzene rings is 2. The van der Waals surface area contributed by atoms with Crippen LogP contribution in [0.4, 0.5) is 23.1 Å². The van der Waals surface area contributed by atoms with Gasteiger partial charge in [0.25, 0.3) is 0 Å². The number of aromatic nitrogens is 2. The Morgan fingerprint density at radius 1 is 1.03 bits per heavy atom. The number of carbonyl (C=O) groups is 1. The minimum absolute atomic E-state index is 0.0459. The molecule has 3 aromatic rings. The first-order chi connectivity index (χ1) is 15.2. The third-order valence-corrected chi connectivity index (χ3v) is 5.81. The lowest BCUT2D eigenvalue weighted by Gasteiger charge is -2.30. The van der Waals surface area contributed by atoms with Gasteiger partial charge in [0.2, 0.25) is 5.95 Å². The minimum Gasteiger partial charge on any atom is -0.494 e. The van der Waals surface area contributed by atoms with Gasteiger partial charge in [-0.1, -0.05) is 31.5 Å². The van der Waals surface area contributed by atoms with Crippen LogP contribution < -0.4 is 15.4 Å². The Labute approximate surface area is 193 Å². The van der Waals surface area contributed by atoms with Crippen LogP contribution in [0, 0.1) is 12.3 Å². The van der Waals surface area contributed by atoms with Gasteiger partial charge in [0.15, 0.2) is 5.78 Å². The van der Waals surface area contributed by atoms with Gasteiger partial charge in [-0.2, -0.15) is 4.98 Å². The standard InChI is InChI=1S/C25H27ClN4O2/c1-5-32-18-10-8-16(9-11-18)28-24-29-20-13-25(3,4)14-21(31)22(20)23(30-24)27-17-7-6-15(2)19(26)12-17/h6-12H,5,13-14H2,1-4H3,(H2,27,28,29,30). The minimum atomic E-state index is -0.153. The summed E-state index contributed by atoms with van der Waals surface area (Å²) in [5, 5.41) is 7.20. The highest BCUT2D eigenvalue weighted by molar-refractivity contribution is 6.31. The number of aryl methyl sites for hydroxylation is 1. The monoisotopic (exact) mass is 450 g/mol. The van der Waals surface area contributed by atoms with E-state index in [1.165, 1.54) is 0 Å². The normalized spacial score (nSPS) is 14.6. The van der Waals surface area contributed by atoms with Gasteiger partial charge in [0, 0.05) is 22.8 Å². The number of hydrogen-bond donors (Lipinski definition) is 2. The molecule has 32 heavy (non-hydrogen) atoms. The summed E-state index contributed by atoms with van der Waals surface area (Å²) in [7, 11) is 0. The number of nitrogens with one attached hydrogen (secondary N) is 2. The molecule has 0 atom stereocenters. The molecular formula is C25H27ClN4O2. The van der Waals surface area contributed by atoms with Crippen molar-refractivity contribution in [3.05, 3.63) is 64.3 Å². The number of fused-ring (bicyclic) bond motifs is 1. The van der Waals surface area contributed by atoms with Crippen LogP contribution in [-0.2, 0) is 6.42 Å². The molecule has 1 aromatic heterocycles. The van der Waals surface area contributed by atoms with Crippen molar-refractivity contribution in [1.82, 2.24) is 9.97 Å². The van der Waals surface area contributed by atoms with Gasteiger partial charge in [-0.25, -0.2) is 4.98 Å². The second-order valence-electron chi connectivity index (χ2n) is 8.83. The van der Waals surface area contributed by atoms with Gasteiger partial charge in [-0.15, -0.1) is 0 Å². The highest BCUT2D eigenvalue weighted by atomic mass is 35.5. The first-order valence-corrected chi connectivity index (χ1v) is 11.1. The van der Waals surface area contributed by atoms with Crippen LogP contribution in [0.15, 0.2) is 42.5 Å². The van der Waals surface area contributed by atoms with Crippen LogP contribution in [0.2, 0.25) is 5.02 Å². The van der Waals surface area contributed by atoms with Crippen LogP contribution >= 0.6 is 11.6 Å². The van der Waals surface area contributed by atoms with Crippen molar-refractivity contribution in [2.75, 3.05) is 17.2 Å². The number of halogens is 1. The number of carbonyl (C=O) groups excluding carboxylic acids is 1. The molecule has 1 aliphatic rings. The molecule has 166 valence electrons. The summed E-state index contributed by atoms with van der Waals surface area (Å²) in [6.45, 7) is 8.68. The molecule has 2 aromatic carbocycles. The molecule has 0 unspecified atom stereocenters. The Hall–Kier alpha value is -3.12. The van der Waals surface area contributed by atoms with E-state index in [0.717, 1.165) is 28.4 Å². The van der Waals surface area contributed by atoms with Crippen LogP contribution in [-0.4, -0.2) is 22.4 Å². The van der Waals surface area contributed by atoms with Gasteiger partial charge in [-0.3, -0.25) is 4.79 Å². The number of ether oxygens (including phenoxy) is 1. The van der Waals surface area contributed by atoms with Gasteiger partial charge in [-0.05, 0) is 67.6 Å². The van der Waals surface area contributed by atoms with E-state index >= 15 is 0 Å². The van der Waals surface area contributed by atoms with E-state index in [2.05, 4.69) is 29.5 Å². The van der Waals surface area contributed by atoms with E-state index in [4.69, 9.17) is 21.3 Å². The molecule has 0 bridgehead atoms. The molecule has 1 heterocycles. The van der Waals surface area contributed by atoms with Crippen LogP contribution in [0.1, 0.15) is 48.8 Å². The number of nitrogens with zero attached hydrogens (tertiary/aromatic N) is 2. The fourth-order valence-electron chi connectivity index (χ4n) is 3.85. The molecule has 0 aliphatic heterocycles. The molecule has 0 spiro atoms. The molecule has 0 amide bonds. The van der Waals surface area contributed by atoms with Crippen molar-refractivity contribution in [3.63, 3.8) is 0 Å². The summed E-state index contributed by atoms with van der Waals surface area (Å²) in [6.07, 6.45) is 1.15. The Balaban J connectivity index is 1.72. The first-order valence-electron chi connectivity index (χ1n) is 10.7. The van der Waals surface area contributed by atoms with Gasteiger partial charge >= 0.3 is 0 Å². The second-order valence-corrected chi connectivity index (χ2v) is 9.24. The second kappa shape index (κ2) is 8.79. The topological polar surface area (TPSA) is 76.1 Å². The van der Waals surface area contributed by atoms with Crippen molar-refractivity contribution in [1.29, 1.82) is 0 Å². The van der Waals surface area contributed by atoms with Crippen molar-refractivity contribution in [3.8, 4) is 5.75 Å². The van der Waals surface area contributed by atoms with Crippen molar-refractivity contribution < 1.29 is 9.53 Å². The SMILES string of the molecule is CCOc1ccc(Nc2nc3c(c(Nc4ccc(C)c(Cl)c4)n2)C(=O)CC(C)(C)C3)cc1. The van der Waals surface area contributed by atoms with Gasteiger partial charge in [0.05, 0.1) is 17.9 Å². The maximum Gasteiger partial charge on any atom is 0.229 e. The van der Waals surface area contributed by atoms with Crippen LogP contribution in [0.25, 0.3) is 0 Å². The highest BCUT2D eigenvalue weighted by Crippen LogP contribution is 2.38. The zero-order valence-electron chi connectivity index (χ0n) is 18.8. The van der Waals surface area contributed by atoms with Crippen LogP contribution in [0.3, 0.4) is 0 Å². The maximum atomic E-state index is 13.0. The fourth-order valence-corrected chi connectivity index (χ4v) is 4.03. The van der Waals surface area contributed by atoms with Crippen molar-refractivity contribution >= 4 is 40.5 Å². The first kappa shape index (κ1) is 22.1. The van der Waals surface area contributed by atoms with E-state index in [-0.39, 0.29) is 11.2 Å². The van der Waals surface area contributed by atoms with E-state index in [9.17, 15) is 4.79 Å². The lowest BCUT2D eigenvalue weighted by Crippen LogP contribution is -2.29. The average Bonchev–Trinajstić information content (AvgIpc) is 2.71. The Kier molecular flexibility index (Phi) is 6.07. The summed E-state index contributed by atoms with van der Waals surface area (Å²) in [6, 6.07) is 13.3. The molecular weight excluding hydrogens is 424 g/mol. The maximum absolute atomic E-state index is 13.0. The third-order valence-electron chi connectivity index (χ3n) is 5.40. The molecule has 0 saturated carbocycles. The number of hydrogen-bond acceptors (Lipinski definition) is 6. The van der Waals surface area contributed by atoms with Crippen molar-refractivity contribution in [2.45, 2.75) is 40.5 Å². The van der Waals surface area contributed by atoms with E-state index in [1.54, 1.807) is 0 Å².